The predicted molar refractivity (Wildman–Crippen MR) is 88.2 cm³/mol. The monoisotopic (exact) mass is 328 g/mol. The lowest BCUT2D eigenvalue weighted by Gasteiger charge is -2.25. The summed E-state index contributed by atoms with van der Waals surface area (Å²) in [6, 6.07) is 11.0. The van der Waals surface area contributed by atoms with Gasteiger partial charge in [0.2, 0.25) is 12.0 Å². The Balaban J connectivity index is 1.61. The average Bonchev–Trinajstić information content (AvgIpc) is 2.60. The van der Waals surface area contributed by atoms with Crippen LogP contribution in [0, 0.1) is 0 Å². The highest BCUT2D eigenvalue weighted by Crippen LogP contribution is 2.30. The van der Waals surface area contributed by atoms with E-state index in [0.29, 0.717) is 23.9 Å². The maximum absolute atomic E-state index is 12.3. The molecule has 6 nitrogen and oxygen atoms in total. The Kier molecular flexibility index (Phi) is 4.84. The van der Waals surface area contributed by atoms with Crippen molar-refractivity contribution in [2.24, 2.45) is 0 Å². The molecule has 1 aromatic heterocycles. The first-order valence-corrected chi connectivity index (χ1v) is 7.90. The van der Waals surface area contributed by atoms with Crippen molar-refractivity contribution >= 4 is 5.91 Å². The molecule has 2 aromatic rings. The number of nitrogens with one attached hydrogen (secondary N) is 1. The molecule has 0 bridgehead atoms. The minimum absolute atomic E-state index is 0.0148. The van der Waals surface area contributed by atoms with Crippen LogP contribution in [0.4, 0.5) is 0 Å². The number of nitrogens with zero attached hydrogens (tertiary/aromatic N) is 1. The smallest absolute Gasteiger partial charge is 0.264 e. The fourth-order valence-corrected chi connectivity index (χ4v) is 2.33. The summed E-state index contributed by atoms with van der Waals surface area (Å²) in [6.45, 7) is 4.37. The van der Waals surface area contributed by atoms with Gasteiger partial charge in [-0.05, 0) is 32.0 Å². The fraction of sp³-hybridized carbons (Fsp3) is 0.333. The summed E-state index contributed by atoms with van der Waals surface area (Å²) in [5.41, 5.74) is 0.816. The van der Waals surface area contributed by atoms with Crippen LogP contribution in [0.25, 0.3) is 0 Å². The third-order valence-electron chi connectivity index (χ3n) is 3.45. The fourth-order valence-electron chi connectivity index (χ4n) is 2.33. The predicted octanol–water partition coefficient (Wildman–Crippen LogP) is 2.33. The van der Waals surface area contributed by atoms with Crippen LogP contribution in [0.1, 0.15) is 19.4 Å². The van der Waals surface area contributed by atoms with E-state index in [4.69, 9.17) is 14.2 Å². The second kappa shape index (κ2) is 7.21. The zero-order chi connectivity index (χ0) is 16.9. The van der Waals surface area contributed by atoms with Crippen LogP contribution in [-0.4, -0.2) is 29.7 Å². The molecule has 6 heteroatoms. The van der Waals surface area contributed by atoms with E-state index in [9.17, 15) is 4.79 Å². The van der Waals surface area contributed by atoms with Crippen molar-refractivity contribution in [3.63, 3.8) is 0 Å². The van der Waals surface area contributed by atoms with E-state index in [0.717, 1.165) is 5.56 Å². The Morgan fingerprint density at radius 3 is 2.88 bits per heavy atom. The second-order valence-electron chi connectivity index (χ2n) is 5.72. The number of hydrogen-bond acceptors (Lipinski definition) is 5. The van der Waals surface area contributed by atoms with Crippen LogP contribution in [0.2, 0.25) is 0 Å². The minimum Gasteiger partial charge on any atom is -0.485 e. The lowest BCUT2D eigenvalue weighted by atomic mass is 10.2. The summed E-state index contributed by atoms with van der Waals surface area (Å²) in [7, 11) is 0. The molecule has 0 saturated heterocycles. The molecular weight excluding hydrogens is 308 g/mol. The van der Waals surface area contributed by atoms with E-state index in [1.54, 1.807) is 12.3 Å². The van der Waals surface area contributed by atoms with E-state index in [-0.39, 0.29) is 18.6 Å². The number of benzene rings is 1. The average molecular weight is 328 g/mol. The Morgan fingerprint density at radius 2 is 2.08 bits per heavy atom. The van der Waals surface area contributed by atoms with Gasteiger partial charge in [0, 0.05) is 18.3 Å². The van der Waals surface area contributed by atoms with Gasteiger partial charge in [-0.15, -0.1) is 0 Å². The van der Waals surface area contributed by atoms with Crippen molar-refractivity contribution in [1.82, 2.24) is 10.3 Å². The maximum atomic E-state index is 12.3. The lowest BCUT2D eigenvalue weighted by molar-refractivity contribution is -0.130. The standard InChI is InChI=1S/C18H20N2O4/c1-12(2)23-18-13(6-5-9-19-18)10-20-17(21)16-11-22-14-7-3-4-8-15(14)24-16/h3-9,12,16H,10-11H2,1-2H3,(H,20,21)/t16-/m0/s1. The molecule has 1 N–H and O–H groups in total. The molecule has 1 aliphatic rings. The van der Waals surface area contributed by atoms with Crippen LogP contribution in [-0.2, 0) is 11.3 Å². The van der Waals surface area contributed by atoms with Crippen LogP contribution in [0.3, 0.4) is 0 Å². The molecule has 0 aliphatic carbocycles. The number of rotatable bonds is 5. The SMILES string of the molecule is CC(C)Oc1ncccc1CNC(=O)[C@@H]1COc2ccccc2O1. The molecule has 1 amide bonds. The van der Waals surface area contributed by atoms with E-state index < -0.39 is 6.10 Å². The number of para-hydroxylation sites is 2. The first-order valence-electron chi connectivity index (χ1n) is 7.90. The third-order valence-corrected chi connectivity index (χ3v) is 3.45. The van der Waals surface area contributed by atoms with Gasteiger partial charge in [-0.1, -0.05) is 18.2 Å². The van der Waals surface area contributed by atoms with E-state index in [1.807, 2.05) is 44.2 Å². The van der Waals surface area contributed by atoms with Crippen LogP contribution in [0.5, 0.6) is 17.4 Å². The molecule has 126 valence electrons. The highest BCUT2D eigenvalue weighted by molar-refractivity contribution is 5.81. The summed E-state index contributed by atoms with van der Waals surface area (Å²) < 4.78 is 16.9. The topological polar surface area (TPSA) is 69.7 Å². The van der Waals surface area contributed by atoms with E-state index in [1.165, 1.54) is 0 Å². The van der Waals surface area contributed by atoms with Crippen molar-refractivity contribution in [2.75, 3.05) is 6.61 Å². The number of pyridine rings is 1. The Morgan fingerprint density at radius 1 is 1.29 bits per heavy atom. The summed E-state index contributed by atoms with van der Waals surface area (Å²) in [5, 5.41) is 2.85. The van der Waals surface area contributed by atoms with Crippen LogP contribution < -0.4 is 19.5 Å². The quantitative estimate of drug-likeness (QED) is 0.912. The maximum Gasteiger partial charge on any atom is 0.264 e. The van der Waals surface area contributed by atoms with Gasteiger partial charge in [0.05, 0.1) is 6.10 Å². The zero-order valence-corrected chi connectivity index (χ0v) is 13.7. The molecule has 0 radical (unpaired) electrons. The highest BCUT2D eigenvalue weighted by Gasteiger charge is 2.27. The second-order valence-corrected chi connectivity index (χ2v) is 5.72. The van der Waals surface area contributed by atoms with Crippen molar-refractivity contribution in [2.45, 2.75) is 32.6 Å². The van der Waals surface area contributed by atoms with Gasteiger partial charge in [0.15, 0.2) is 11.5 Å². The number of ether oxygens (including phenoxy) is 3. The zero-order valence-electron chi connectivity index (χ0n) is 13.7. The Hall–Kier alpha value is -2.76. The molecule has 0 unspecified atom stereocenters. The van der Waals surface area contributed by atoms with Gasteiger partial charge in [-0.3, -0.25) is 4.79 Å². The Labute approximate surface area is 140 Å². The molecule has 0 spiro atoms. The molecule has 0 fully saturated rings. The molecule has 3 rings (SSSR count). The summed E-state index contributed by atoms with van der Waals surface area (Å²) in [5.74, 6) is 1.53. The molecule has 1 aromatic carbocycles. The van der Waals surface area contributed by atoms with Gasteiger partial charge in [0.25, 0.3) is 5.91 Å². The van der Waals surface area contributed by atoms with Gasteiger partial charge >= 0.3 is 0 Å². The Bertz CT molecular complexity index is 718. The first-order chi connectivity index (χ1) is 11.6. The van der Waals surface area contributed by atoms with Crippen LogP contribution >= 0.6 is 0 Å². The largest absolute Gasteiger partial charge is 0.485 e. The minimum atomic E-state index is -0.675. The normalized spacial score (nSPS) is 15.9. The van der Waals surface area contributed by atoms with Crippen LogP contribution in [0.15, 0.2) is 42.6 Å². The molecular formula is C18H20N2O4. The number of amides is 1. The van der Waals surface area contributed by atoms with Gasteiger partial charge in [-0.25, -0.2) is 4.98 Å². The van der Waals surface area contributed by atoms with Crippen molar-refractivity contribution < 1.29 is 19.0 Å². The van der Waals surface area contributed by atoms with Gasteiger partial charge in [0.1, 0.15) is 6.61 Å². The van der Waals surface area contributed by atoms with E-state index in [2.05, 4.69) is 10.3 Å². The molecule has 0 saturated carbocycles. The number of carbonyl (C=O) groups is 1. The van der Waals surface area contributed by atoms with Crippen molar-refractivity contribution in [3.8, 4) is 17.4 Å². The summed E-state index contributed by atoms with van der Waals surface area (Å²) in [4.78, 5) is 16.5. The third kappa shape index (κ3) is 3.76. The van der Waals surface area contributed by atoms with Crippen molar-refractivity contribution in [1.29, 1.82) is 0 Å². The summed E-state index contributed by atoms with van der Waals surface area (Å²) >= 11 is 0. The highest BCUT2D eigenvalue weighted by atomic mass is 16.6. The lowest BCUT2D eigenvalue weighted by Crippen LogP contribution is -2.43. The summed E-state index contributed by atoms with van der Waals surface area (Å²) in [6.07, 6.45) is 1.00. The number of aromatic nitrogens is 1. The molecule has 24 heavy (non-hydrogen) atoms. The number of hydrogen-bond donors (Lipinski definition) is 1. The molecule has 1 aliphatic heterocycles. The number of carbonyl (C=O) groups excluding carboxylic acids is 1. The van der Waals surface area contributed by atoms with Gasteiger partial charge < -0.3 is 19.5 Å². The van der Waals surface area contributed by atoms with Gasteiger partial charge in [-0.2, -0.15) is 0 Å². The van der Waals surface area contributed by atoms with Crippen molar-refractivity contribution in [3.05, 3.63) is 48.2 Å². The molecule has 2 heterocycles. The van der Waals surface area contributed by atoms with E-state index >= 15 is 0 Å². The first kappa shape index (κ1) is 16.1. The molecule has 1 atom stereocenters. The number of fused-ring (bicyclic) bond motifs is 1.